The summed E-state index contributed by atoms with van der Waals surface area (Å²) >= 11 is 0. The maximum absolute atomic E-state index is 12.6. The predicted octanol–water partition coefficient (Wildman–Crippen LogP) is 3.46. The van der Waals surface area contributed by atoms with E-state index in [1.165, 1.54) is 37.4 Å². The lowest BCUT2D eigenvalue weighted by Gasteiger charge is -2.09. The van der Waals surface area contributed by atoms with Crippen LogP contribution in [0.2, 0.25) is 0 Å². The lowest BCUT2D eigenvalue weighted by atomic mass is 10.2. The van der Waals surface area contributed by atoms with Crippen LogP contribution in [-0.4, -0.2) is 26.1 Å². The Hall–Kier alpha value is -3.36. The second kappa shape index (κ2) is 8.76. The van der Waals surface area contributed by atoms with E-state index >= 15 is 0 Å². The molecule has 0 radical (unpaired) electrons. The molecule has 0 aliphatic carbocycles. The first-order chi connectivity index (χ1) is 13.8. The molecule has 3 rings (SSSR count). The summed E-state index contributed by atoms with van der Waals surface area (Å²) in [5, 5.41) is 2.67. The predicted molar refractivity (Wildman–Crippen MR) is 111 cm³/mol. The van der Waals surface area contributed by atoms with Gasteiger partial charge in [0.25, 0.3) is 11.6 Å². The maximum atomic E-state index is 12.6. The van der Waals surface area contributed by atoms with Crippen LogP contribution in [0.3, 0.4) is 0 Å². The molecule has 8 heteroatoms. The van der Waals surface area contributed by atoms with Gasteiger partial charge < -0.3 is 5.32 Å². The van der Waals surface area contributed by atoms with Crippen LogP contribution in [-0.2, 0) is 16.6 Å². The van der Waals surface area contributed by atoms with Crippen LogP contribution in [0.5, 0.6) is 0 Å². The number of sulfonamides is 1. The van der Waals surface area contributed by atoms with Gasteiger partial charge in [-0.15, -0.1) is 0 Å². The van der Waals surface area contributed by atoms with E-state index in [-0.39, 0.29) is 17.0 Å². The minimum atomic E-state index is -3.78. The fourth-order valence-electron chi connectivity index (χ4n) is 2.64. The van der Waals surface area contributed by atoms with Gasteiger partial charge in [-0.25, -0.2) is 13.1 Å². The molecule has 0 heterocycles. The summed E-state index contributed by atoms with van der Waals surface area (Å²) in [6.07, 6.45) is 0. The molecule has 0 fully saturated rings. The summed E-state index contributed by atoms with van der Waals surface area (Å²) in [7, 11) is -2.42. The second-order valence-corrected chi connectivity index (χ2v) is 8.11. The number of nitrogens with zero attached hydrogens (tertiary/aromatic N) is 1. The molecule has 0 bridgehead atoms. The van der Waals surface area contributed by atoms with E-state index < -0.39 is 15.9 Å². The summed E-state index contributed by atoms with van der Waals surface area (Å²) in [6.45, 7) is 0.148. The summed E-state index contributed by atoms with van der Waals surface area (Å²) in [5.41, 5.74) is 1.84. The van der Waals surface area contributed by atoms with Gasteiger partial charge in [0, 0.05) is 39.6 Å². The maximum Gasteiger partial charge on any atom is 0.257 e. The lowest BCUT2D eigenvalue weighted by Crippen LogP contribution is -2.23. The third-order valence-electron chi connectivity index (χ3n) is 4.18. The summed E-state index contributed by atoms with van der Waals surface area (Å²) in [5.74, 6) is -0.476. The number of hydrogen-bond acceptors (Lipinski definition) is 4. The van der Waals surface area contributed by atoms with Crippen LogP contribution in [0, 0.1) is 4.91 Å². The van der Waals surface area contributed by atoms with E-state index in [4.69, 9.17) is 0 Å². The van der Waals surface area contributed by atoms with Gasteiger partial charge in [0.15, 0.2) is 7.05 Å². The van der Waals surface area contributed by atoms with Crippen molar-refractivity contribution in [2.45, 2.75) is 11.4 Å². The van der Waals surface area contributed by atoms with Crippen molar-refractivity contribution in [3.8, 4) is 0 Å². The van der Waals surface area contributed by atoms with Crippen molar-refractivity contribution in [1.29, 1.82) is 0 Å². The van der Waals surface area contributed by atoms with Crippen LogP contribution in [0.25, 0.3) is 0 Å². The monoisotopic (exact) mass is 410 g/mol. The summed E-state index contributed by atoms with van der Waals surface area (Å²) in [6, 6.07) is 21.4. The smallest absolute Gasteiger partial charge is 0.257 e. The molecular formula is C21H20N3O4S+. The van der Waals surface area contributed by atoms with Crippen molar-refractivity contribution in [1.82, 2.24) is 4.72 Å². The molecule has 0 atom stereocenters. The first kappa shape index (κ1) is 20.4. The van der Waals surface area contributed by atoms with E-state index in [0.29, 0.717) is 16.1 Å². The molecule has 0 saturated carbocycles. The average molecular weight is 410 g/mol. The van der Waals surface area contributed by atoms with Gasteiger partial charge in [-0.2, -0.15) is 0 Å². The van der Waals surface area contributed by atoms with Gasteiger partial charge in [0.2, 0.25) is 10.0 Å². The number of amides is 1. The number of rotatable bonds is 7. The third kappa shape index (κ3) is 5.34. The molecule has 0 saturated heterocycles. The Bertz CT molecular complexity index is 1150. The van der Waals surface area contributed by atoms with Gasteiger partial charge >= 0.3 is 0 Å². The molecule has 0 aromatic heterocycles. The Labute approximate surface area is 169 Å². The van der Waals surface area contributed by atoms with E-state index in [9.17, 15) is 18.1 Å². The van der Waals surface area contributed by atoms with Crippen LogP contribution in [0.15, 0.2) is 83.8 Å². The molecule has 0 spiro atoms. The molecule has 0 unspecified atom stereocenters. The van der Waals surface area contributed by atoms with Gasteiger partial charge in [0.1, 0.15) is 0 Å². The number of anilines is 1. The standard InChI is InChI=1S/C21H19N3O4S/c1-24(26)19-11-6-10-18(14-19)23-21(25)17-9-5-12-20(13-17)29(27,28)22-15-16-7-3-2-4-8-16/h2-14,22H,15H2,1H3/p+1. The molecular weight excluding hydrogens is 390 g/mol. The van der Waals surface area contributed by atoms with Crippen molar-refractivity contribution < 1.29 is 18.0 Å². The van der Waals surface area contributed by atoms with Crippen molar-refractivity contribution in [3.05, 3.63) is 94.9 Å². The fourth-order valence-corrected chi connectivity index (χ4v) is 3.71. The number of nitroso groups, excluding NO2 is 1. The normalized spacial score (nSPS) is 11.1. The summed E-state index contributed by atoms with van der Waals surface area (Å²) in [4.78, 5) is 23.9. The zero-order valence-corrected chi connectivity index (χ0v) is 16.5. The van der Waals surface area contributed by atoms with Crippen molar-refractivity contribution in [2.24, 2.45) is 0 Å². The van der Waals surface area contributed by atoms with Gasteiger partial charge in [-0.3, -0.25) is 4.79 Å². The highest BCUT2D eigenvalue weighted by Crippen LogP contribution is 2.18. The highest BCUT2D eigenvalue weighted by atomic mass is 32.2. The van der Waals surface area contributed by atoms with Crippen molar-refractivity contribution in [3.63, 3.8) is 0 Å². The molecule has 7 nitrogen and oxygen atoms in total. The van der Waals surface area contributed by atoms with Gasteiger partial charge in [0.05, 0.1) is 4.90 Å². The van der Waals surface area contributed by atoms with Crippen molar-refractivity contribution in [2.75, 3.05) is 12.4 Å². The Kier molecular flexibility index (Phi) is 6.16. The quantitative estimate of drug-likeness (QED) is 0.583. The number of benzene rings is 3. The van der Waals surface area contributed by atoms with E-state index in [1.54, 1.807) is 18.2 Å². The molecule has 1 amide bonds. The number of carbonyl (C=O) groups excluding carboxylic acids is 1. The minimum absolute atomic E-state index is 0.00544. The van der Waals surface area contributed by atoms with Crippen LogP contribution >= 0.6 is 0 Å². The Morgan fingerprint density at radius 2 is 1.66 bits per heavy atom. The van der Waals surface area contributed by atoms with Gasteiger partial charge in [-0.1, -0.05) is 42.5 Å². The Morgan fingerprint density at radius 1 is 0.931 bits per heavy atom. The van der Waals surface area contributed by atoms with Crippen LogP contribution in [0.4, 0.5) is 11.4 Å². The lowest BCUT2D eigenvalue weighted by molar-refractivity contribution is -0.428. The highest BCUT2D eigenvalue weighted by molar-refractivity contribution is 7.89. The second-order valence-electron chi connectivity index (χ2n) is 6.34. The van der Waals surface area contributed by atoms with Crippen LogP contribution in [0.1, 0.15) is 15.9 Å². The molecule has 0 aliphatic heterocycles. The molecule has 2 N–H and O–H groups in total. The SMILES string of the molecule is C[N+](=O)c1cccc(NC(=O)c2cccc(S(=O)(=O)NCc3ccccc3)c2)c1. The average Bonchev–Trinajstić information content (AvgIpc) is 2.73. The third-order valence-corrected chi connectivity index (χ3v) is 5.58. The number of hydrogen-bond donors (Lipinski definition) is 2. The molecule has 0 aliphatic rings. The zero-order chi connectivity index (χ0) is 20.9. The Balaban J connectivity index is 1.75. The number of nitrogens with one attached hydrogen (secondary N) is 2. The number of carbonyl (C=O) groups is 1. The fraction of sp³-hybridized carbons (Fsp3) is 0.0952. The van der Waals surface area contributed by atoms with Gasteiger partial charge in [-0.05, 0) is 29.8 Å². The minimum Gasteiger partial charge on any atom is -0.322 e. The van der Waals surface area contributed by atoms with E-state index in [2.05, 4.69) is 10.0 Å². The van der Waals surface area contributed by atoms with Crippen molar-refractivity contribution >= 4 is 27.3 Å². The zero-order valence-electron chi connectivity index (χ0n) is 15.7. The Morgan fingerprint density at radius 3 is 2.38 bits per heavy atom. The van der Waals surface area contributed by atoms with Crippen LogP contribution < -0.4 is 10.0 Å². The summed E-state index contributed by atoms with van der Waals surface area (Å²) < 4.78 is 28.4. The molecule has 29 heavy (non-hydrogen) atoms. The topological polar surface area (TPSA) is 95.3 Å². The first-order valence-corrected chi connectivity index (χ1v) is 10.3. The van der Waals surface area contributed by atoms with E-state index in [1.807, 2.05) is 30.3 Å². The highest BCUT2D eigenvalue weighted by Gasteiger charge is 2.17. The molecule has 3 aromatic carbocycles. The molecule has 148 valence electrons. The molecule has 3 aromatic rings. The largest absolute Gasteiger partial charge is 0.322 e. The van der Waals surface area contributed by atoms with E-state index in [0.717, 1.165) is 5.56 Å². The first-order valence-electron chi connectivity index (χ1n) is 8.81.